The van der Waals surface area contributed by atoms with E-state index < -0.39 is 0 Å². The molecule has 21 heavy (non-hydrogen) atoms. The number of allylic oxidation sites excluding steroid dienone is 2. The largest absolute Gasteiger partial charge is 0.497 e. The van der Waals surface area contributed by atoms with Crippen LogP contribution in [0.4, 0.5) is 5.69 Å². The molecule has 0 atom stereocenters. The fourth-order valence-electron chi connectivity index (χ4n) is 1.87. The van der Waals surface area contributed by atoms with Gasteiger partial charge in [-0.2, -0.15) is 0 Å². The molecule has 0 radical (unpaired) electrons. The second-order valence-electron chi connectivity index (χ2n) is 4.54. The number of thioether (sulfide) groups is 1. The number of rotatable bonds is 5. The first kappa shape index (κ1) is 15.4. The fourth-order valence-corrected chi connectivity index (χ4v) is 2.76. The number of hydrogen-bond donors (Lipinski definition) is 0. The smallest absolute Gasteiger partial charge is 0.205 e. The van der Waals surface area contributed by atoms with Crippen molar-refractivity contribution in [3.8, 4) is 5.75 Å². The van der Waals surface area contributed by atoms with Gasteiger partial charge in [-0.1, -0.05) is 36.0 Å². The first-order valence-corrected chi connectivity index (χ1v) is 7.65. The van der Waals surface area contributed by atoms with E-state index in [0.717, 1.165) is 11.4 Å². The van der Waals surface area contributed by atoms with Crippen molar-refractivity contribution in [2.45, 2.75) is 11.8 Å². The van der Waals surface area contributed by atoms with Gasteiger partial charge in [-0.05, 0) is 31.2 Å². The Morgan fingerprint density at radius 2 is 1.71 bits per heavy atom. The molecule has 0 aromatic heterocycles. The van der Waals surface area contributed by atoms with Gasteiger partial charge in [-0.25, -0.2) is 4.58 Å². The molecule has 0 saturated carbocycles. The number of ether oxygens (including phenoxy) is 1. The number of nitrogens with zero attached hydrogens (tertiary/aromatic N) is 1. The van der Waals surface area contributed by atoms with Gasteiger partial charge in [-0.15, -0.1) is 0 Å². The second-order valence-corrected chi connectivity index (χ2v) is 5.69. The van der Waals surface area contributed by atoms with Crippen LogP contribution in [0.25, 0.3) is 0 Å². The number of hydrogen-bond acceptors (Lipinski definition) is 2. The predicted octanol–water partition coefficient (Wildman–Crippen LogP) is 4.74. The molecular formula is C18H20NOS+. The monoisotopic (exact) mass is 298 g/mol. The lowest BCUT2D eigenvalue weighted by atomic mass is 10.3. The summed E-state index contributed by atoms with van der Waals surface area (Å²) in [6, 6.07) is 18.4. The van der Waals surface area contributed by atoms with Crippen LogP contribution in [0.3, 0.4) is 0 Å². The molecule has 2 rings (SSSR count). The van der Waals surface area contributed by atoms with Crippen molar-refractivity contribution in [3.05, 3.63) is 65.6 Å². The molecule has 108 valence electrons. The van der Waals surface area contributed by atoms with E-state index >= 15 is 0 Å². The summed E-state index contributed by atoms with van der Waals surface area (Å²) in [4.78, 5) is 2.45. The van der Waals surface area contributed by atoms with Crippen LogP contribution < -0.4 is 4.74 Å². The second kappa shape index (κ2) is 7.70. The third-order valence-electron chi connectivity index (χ3n) is 3.06. The van der Waals surface area contributed by atoms with E-state index in [2.05, 4.69) is 67.2 Å². The zero-order chi connectivity index (χ0) is 15.1. The third-order valence-corrected chi connectivity index (χ3v) is 4.15. The Balaban J connectivity index is 2.15. The van der Waals surface area contributed by atoms with Gasteiger partial charge in [0.1, 0.15) is 12.8 Å². The molecule has 0 amide bonds. The normalized spacial score (nSPS) is 12.3. The lowest BCUT2D eigenvalue weighted by Gasteiger charge is -2.02. The predicted molar refractivity (Wildman–Crippen MR) is 91.0 cm³/mol. The Morgan fingerprint density at radius 1 is 1.05 bits per heavy atom. The van der Waals surface area contributed by atoms with Gasteiger partial charge >= 0.3 is 0 Å². The molecule has 0 bridgehead atoms. The zero-order valence-corrected chi connectivity index (χ0v) is 13.4. The minimum Gasteiger partial charge on any atom is -0.497 e. The van der Waals surface area contributed by atoms with Crippen molar-refractivity contribution in [3.63, 3.8) is 0 Å². The summed E-state index contributed by atoms with van der Waals surface area (Å²) in [6.45, 7) is 2.06. The summed E-state index contributed by atoms with van der Waals surface area (Å²) in [6.07, 6.45) is 4.26. The molecule has 3 heteroatoms. The minimum atomic E-state index is 0.872. The lowest BCUT2D eigenvalue weighted by Crippen LogP contribution is -2.00. The van der Waals surface area contributed by atoms with Crippen LogP contribution in [0.1, 0.15) is 6.92 Å². The maximum absolute atomic E-state index is 5.19. The van der Waals surface area contributed by atoms with Crippen LogP contribution in [-0.2, 0) is 0 Å². The van der Waals surface area contributed by atoms with Gasteiger partial charge in [0, 0.05) is 17.0 Å². The summed E-state index contributed by atoms with van der Waals surface area (Å²) in [5.74, 6) is 0.872. The van der Waals surface area contributed by atoms with E-state index in [-0.39, 0.29) is 0 Å². The fraction of sp³-hybridized carbons (Fsp3) is 0.167. The Bertz CT molecular complexity index is 630. The van der Waals surface area contributed by atoms with Crippen LogP contribution >= 0.6 is 11.8 Å². The van der Waals surface area contributed by atoms with Crippen molar-refractivity contribution in [2.24, 2.45) is 0 Å². The Kier molecular flexibility index (Phi) is 5.64. The third kappa shape index (κ3) is 4.50. The molecule has 0 unspecified atom stereocenters. The molecule has 2 aromatic carbocycles. The van der Waals surface area contributed by atoms with Gasteiger partial charge in [0.05, 0.1) is 12.0 Å². The van der Waals surface area contributed by atoms with Crippen molar-refractivity contribution < 1.29 is 9.31 Å². The summed E-state index contributed by atoms with van der Waals surface area (Å²) in [5, 5.41) is 0. The lowest BCUT2D eigenvalue weighted by molar-refractivity contribution is -0.398. The Hall–Kier alpha value is -2.00. The van der Waals surface area contributed by atoms with Crippen LogP contribution in [-0.4, -0.2) is 24.9 Å². The highest BCUT2D eigenvalue weighted by Gasteiger charge is 2.06. The molecule has 0 heterocycles. The van der Waals surface area contributed by atoms with Gasteiger partial charge in [0.25, 0.3) is 0 Å². The van der Waals surface area contributed by atoms with Crippen molar-refractivity contribution >= 4 is 23.7 Å². The van der Waals surface area contributed by atoms with E-state index in [1.807, 2.05) is 18.2 Å². The molecule has 0 aliphatic carbocycles. The molecule has 0 aliphatic rings. The number of benzene rings is 2. The van der Waals surface area contributed by atoms with E-state index in [0.29, 0.717) is 0 Å². The van der Waals surface area contributed by atoms with Crippen molar-refractivity contribution in [1.29, 1.82) is 0 Å². The molecule has 0 saturated heterocycles. The molecule has 2 aromatic rings. The highest BCUT2D eigenvalue weighted by molar-refractivity contribution is 8.03. The maximum atomic E-state index is 5.19. The van der Waals surface area contributed by atoms with Crippen molar-refractivity contribution in [1.82, 2.24) is 0 Å². The molecular weight excluding hydrogens is 278 g/mol. The summed E-state index contributed by atoms with van der Waals surface area (Å²) < 4.78 is 7.30. The van der Waals surface area contributed by atoms with Gasteiger partial charge in [0.2, 0.25) is 5.69 Å². The molecule has 2 nitrogen and oxygen atoms in total. The Labute approximate surface area is 130 Å². The van der Waals surface area contributed by atoms with Gasteiger partial charge in [0.15, 0.2) is 6.21 Å². The zero-order valence-electron chi connectivity index (χ0n) is 12.6. The highest BCUT2D eigenvalue weighted by Crippen LogP contribution is 2.25. The molecule has 0 N–H and O–H groups in total. The average Bonchev–Trinajstić information content (AvgIpc) is 2.55. The molecule has 0 fully saturated rings. The first-order chi connectivity index (χ1) is 10.2. The minimum absolute atomic E-state index is 0.872. The van der Waals surface area contributed by atoms with E-state index in [1.165, 1.54) is 9.80 Å². The first-order valence-electron chi connectivity index (χ1n) is 6.84. The SMILES string of the molecule is C/C=C(\C=[N+](C)c1ccc(OC)cc1)Sc1ccccc1. The van der Waals surface area contributed by atoms with Gasteiger partial charge < -0.3 is 4.74 Å². The van der Waals surface area contributed by atoms with Gasteiger partial charge in [-0.3, -0.25) is 0 Å². The quantitative estimate of drug-likeness (QED) is 0.449. The summed E-state index contributed by atoms with van der Waals surface area (Å²) >= 11 is 1.76. The number of methoxy groups -OCH3 is 1. The topological polar surface area (TPSA) is 12.2 Å². The summed E-state index contributed by atoms with van der Waals surface area (Å²) in [7, 11) is 3.73. The summed E-state index contributed by atoms with van der Waals surface area (Å²) in [5.41, 5.74) is 1.13. The van der Waals surface area contributed by atoms with E-state index in [9.17, 15) is 0 Å². The van der Waals surface area contributed by atoms with E-state index in [1.54, 1.807) is 18.9 Å². The van der Waals surface area contributed by atoms with Crippen LogP contribution in [0.5, 0.6) is 5.75 Å². The average molecular weight is 298 g/mol. The van der Waals surface area contributed by atoms with Crippen LogP contribution in [0, 0.1) is 0 Å². The molecule has 0 spiro atoms. The van der Waals surface area contributed by atoms with Crippen LogP contribution in [0.15, 0.2) is 70.5 Å². The highest BCUT2D eigenvalue weighted by atomic mass is 32.2. The van der Waals surface area contributed by atoms with E-state index in [4.69, 9.17) is 4.74 Å². The Morgan fingerprint density at radius 3 is 2.29 bits per heavy atom. The maximum Gasteiger partial charge on any atom is 0.205 e. The standard InChI is InChI=1S/C18H20NOS/c1-4-17(21-18-8-6-5-7-9-18)14-19(2)15-10-12-16(20-3)13-11-15/h4-14H,1-3H3/q+1/b17-4+,19-14?. The van der Waals surface area contributed by atoms with Crippen LogP contribution in [0.2, 0.25) is 0 Å². The molecule has 0 aliphatic heterocycles. The van der Waals surface area contributed by atoms with Crippen molar-refractivity contribution in [2.75, 3.05) is 14.2 Å².